The van der Waals surface area contributed by atoms with Crippen molar-refractivity contribution in [3.63, 3.8) is 0 Å². The van der Waals surface area contributed by atoms with E-state index in [-0.39, 0.29) is 0 Å². The number of para-hydroxylation sites is 1. The molecule has 24 heavy (non-hydrogen) atoms. The first-order valence-corrected chi connectivity index (χ1v) is 8.81. The summed E-state index contributed by atoms with van der Waals surface area (Å²) in [4.78, 5) is 10.6. The smallest absolute Gasteiger partial charge is 0.142 e. The third-order valence-electron chi connectivity index (χ3n) is 5.48. The predicted molar refractivity (Wildman–Crippen MR) is 96.8 cm³/mol. The molecule has 0 fully saturated rings. The number of imidazole rings is 1. The normalized spacial score (nSPS) is 16.5. The van der Waals surface area contributed by atoms with Gasteiger partial charge in [0.2, 0.25) is 0 Å². The highest BCUT2D eigenvalue weighted by atomic mass is 16.3. The summed E-state index contributed by atoms with van der Waals surface area (Å²) >= 11 is 0. The zero-order valence-corrected chi connectivity index (χ0v) is 13.9. The first-order valence-electron chi connectivity index (χ1n) is 8.81. The lowest BCUT2D eigenvalue weighted by molar-refractivity contribution is 0.464. The Bertz CT molecular complexity index is 955. The fraction of sp³-hybridized carbons (Fsp3) is 0.350. The maximum atomic E-state index is 11.0. The van der Waals surface area contributed by atoms with E-state index in [2.05, 4.69) is 28.9 Å². The summed E-state index contributed by atoms with van der Waals surface area (Å²) < 4.78 is 0. The summed E-state index contributed by atoms with van der Waals surface area (Å²) in [5, 5.41) is 11.0. The molecule has 1 aromatic heterocycles. The number of H-pyrrole nitrogens is 1. The number of nitrogens with zero attached hydrogens (tertiary/aromatic N) is 2. The summed E-state index contributed by atoms with van der Waals surface area (Å²) in [7, 11) is 0. The molecule has 0 amide bonds. The van der Waals surface area contributed by atoms with Crippen molar-refractivity contribution in [2.75, 3.05) is 18.0 Å². The van der Waals surface area contributed by atoms with Gasteiger partial charge in [-0.1, -0.05) is 12.1 Å². The van der Waals surface area contributed by atoms with Crippen molar-refractivity contribution in [1.82, 2.24) is 9.97 Å². The van der Waals surface area contributed by atoms with Gasteiger partial charge in [0.1, 0.15) is 11.6 Å². The molecule has 0 bridgehead atoms. The SMILES string of the molecule is Cc1cccc2nc(-c3cc4c5c(c3O)CCCN5CCC4)[nH]c12. The number of aryl methyl sites for hydroxylation is 2. The molecule has 0 saturated carbocycles. The molecule has 0 saturated heterocycles. The molecule has 0 unspecified atom stereocenters. The number of benzene rings is 2. The highest BCUT2D eigenvalue weighted by molar-refractivity contribution is 5.85. The Balaban J connectivity index is 1.75. The zero-order chi connectivity index (χ0) is 16.3. The van der Waals surface area contributed by atoms with Gasteiger partial charge in [-0.3, -0.25) is 0 Å². The number of hydrogen-bond donors (Lipinski definition) is 2. The lowest BCUT2D eigenvalue weighted by atomic mass is 9.89. The van der Waals surface area contributed by atoms with Crippen LogP contribution in [0.2, 0.25) is 0 Å². The summed E-state index contributed by atoms with van der Waals surface area (Å²) in [5.74, 6) is 1.19. The first-order chi connectivity index (χ1) is 11.7. The van der Waals surface area contributed by atoms with E-state index in [9.17, 15) is 5.11 Å². The third kappa shape index (κ3) is 1.89. The number of aromatic nitrogens is 2. The number of hydrogen-bond acceptors (Lipinski definition) is 3. The molecule has 5 rings (SSSR count). The van der Waals surface area contributed by atoms with Crippen LogP contribution < -0.4 is 4.90 Å². The van der Waals surface area contributed by atoms with E-state index in [1.165, 1.54) is 23.2 Å². The number of aromatic amines is 1. The molecule has 3 aromatic rings. The Morgan fingerprint density at radius 1 is 1.17 bits per heavy atom. The van der Waals surface area contributed by atoms with Crippen LogP contribution in [0.1, 0.15) is 29.5 Å². The van der Waals surface area contributed by atoms with Gasteiger partial charge >= 0.3 is 0 Å². The van der Waals surface area contributed by atoms with Crippen LogP contribution in [0.3, 0.4) is 0 Å². The highest BCUT2D eigenvalue weighted by Gasteiger charge is 2.28. The van der Waals surface area contributed by atoms with Gasteiger partial charge in [-0.05, 0) is 55.9 Å². The molecule has 0 atom stereocenters. The quantitative estimate of drug-likeness (QED) is 0.714. The predicted octanol–water partition coefficient (Wildman–Crippen LogP) is 3.94. The minimum atomic E-state index is 0.414. The van der Waals surface area contributed by atoms with Crippen molar-refractivity contribution >= 4 is 16.7 Å². The van der Waals surface area contributed by atoms with Gasteiger partial charge in [-0.25, -0.2) is 4.98 Å². The average molecular weight is 319 g/mol. The van der Waals surface area contributed by atoms with Crippen LogP contribution in [0.25, 0.3) is 22.4 Å². The second-order valence-corrected chi connectivity index (χ2v) is 7.01. The van der Waals surface area contributed by atoms with Crippen LogP contribution in [0, 0.1) is 6.92 Å². The lowest BCUT2D eigenvalue weighted by Gasteiger charge is -2.37. The Hall–Kier alpha value is -2.49. The van der Waals surface area contributed by atoms with Gasteiger partial charge in [0.05, 0.1) is 16.6 Å². The molecule has 2 aliphatic heterocycles. The van der Waals surface area contributed by atoms with Crippen LogP contribution in [-0.4, -0.2) is 28.2 Å². The fourth-order valence-corrected chi connectivity index (χ4v) is 4.33. The molecule has 0 aliphatic carbocycles. The van der Waals surface area contributed by atoms with E-state index < -0.39 is 0 Å². The maximum absolute atomic E-state index is 11.0. The number of phenols is 1. The van der Waals surface area contributed by atoms with Gasteiger partial charge in [-0.2, -0.15) is 0 Å². The van der Waals surface area contributed by atoms with E-state index in [1.54, 1.807) is 0 Å². The van der Waals surface area contributed by atoms with Crippen LogP contribution in [0.5, 0.6) is 5.75 Å². The minimum Gasteiger partial charge on any atom is -0.507 e. The molecule has 2 aromatic carbocycles. The number of anilines is 1. The van der Waals surface area contributed by atoms with Gasteiger partial charge in [0, 0.05) is 24.3 Å². The average Bonchev–Trinajstić information content (AvgIpc) is 3.03. The highest BCUT2D eigenvalue weighted by Crippen LogP contribution is 2.44. The molecular formula is C20H21N3O. The van der Waals surface area contributed by atoms with Crippen molar-refractivity contribution in [3.8, 4) is 17.1 Å². The number of nitrogens with one attached hydrogen (secondary N) is 1. The summed E-state index contributed by atoms with van der Waals surface area (Å²) in [6.07, 6.45) is 4.35. The largest absolute Gasteiger partial charge is 0.507 e. The number of fused-ring (bicyclic) bond motifs is 1. The molecular weight excluding hydrogens is 298 g/mol. The van der Waals surface area contributed by atoms with E-state index in [0.717, 1.165) is 60.3 Å². The van der Waals surface area contributed by atoms with Crippen molar-refractivity contribution in [2.45, 2.75) is 32.6 Å². The van der Waals surface area contributed by atoms with Gasteiger partial charge in [0.25, 0.3) is 0 Å². The first kappa shape index (κ1) is 13.9. The van der Waals surface area contributed by atoms with Crippen molar-refractivity contribution < 1.29 is 5.11 Å². The number of rotatable bonds is 1. The molecule has 122 valence electrons. The molecule has 3 heterocycles. The molecule has 0 spiro atoms. The van der Waals surface area contributed by atoms with Crippen molar-refractivity contribution in [2.24, 2.45) is 0 Å². The summed E-state index contributed by atoms with van der Waals surface area (Å²) in [6.45, 7) is 4.31. The van der Waals surface area contributed by atoms with E-state index in [4.69, 9.17) is 4.98 Å². The van der Waals surface area contributed by atoms with Crippen molar-refractivity contribution in [1.29, 1.82) is 0 Å². The van der Waals surface area contributed by atoms with Gasteiger partial charge in [0.15, 0.2) is 0 Å². The van der Waals surface area contributed by atoms with E-state index in [0.29, 0.717) is 5.75 Å². The van der Waals surface area contributed by atoms with E-state index in [1.807, 2.05) is 12.1 Å². The second-order valence-electron chi connectivity index (χ2n) is 7.01. The molecule has 2 aliphatic rings. The molecule has 0 radical (unpaired) electrons. The third-order valence-corrected chi connectivity index (χ3v) is 5.48. The van der Waals surface area contributed by atoms with Crippen molar-refractivity contribution in [3.05, 3.63) is 41.0 Å². The topological polar surface area (TPSA) is 52.2 Å². The van der Waals surface area contributed by atoms with E-state index >= 15 is 0 Å². The van der Waals surface area contributed by atoms with Crippen LogP contribution in [-0.2, 0) is 12.8 Å². The van der Waals surface area contributed by atoms with Crippen LogP contribution in [0.4, 0.5) is 5.69 Å². The Morgan fingerprint density at radius 2 is 2.00 bits per heavy atom. The van der Waals surface area contributed by atoms with Crippen LogP contribution in [0.15, 0.2) is 24.3 Å². The maximum Gasteiger partial charge on any atom is 0.142 e. The van der Waals surface area contributed by atoms with Gasteiger partial charge < -0.3 is 15.0 Å². The Labute approximate surface area is 141 Å². The second kappa shape index (κ2) is 5.00. The van der Waals surface area contributed by atoms with Gasteiger partial charge in [-0.15, -0.1) is 0 Å². The minimum absolute atomic E-state index is 0.414. The van der Waals surface area contributed by atoms with Crippen LogP contribution >= 0.6 is 0 Å². The summed E-state index contributed by atoms with van der Waals surface area (Å²) in [5.41, 5.74) is 7.81. The standard InChI is InChI=1S/C20H21N3O/c1-12-5-2-8-16-17(12)22-20(21-16)15-11-13-6-3-9-23-10-4-7-14(18(13)23)19(15)24/h2,5,8,11,24H,3-4,6-7,9-10H2,1H3,(H,21,22). The molecule has 2 N–H and O–H groups in total. The molecule has 4 heteroatoms. The Morgan fingerprint density at radius 3 is 2.83 bits per heavy atom. The monoisotopic (exact) mass is 319 g/mol. The lowest BCUT2D eigenvalue weighted by Crippen LogP contribution is -2.34. The number of aromatic hydroxyl groups is 1. The molecule has 4 nitrogen and oxygen atoms in total. The summed E-state index contributed by atoms with van der Waals surface area (Å²) in [6, 6.07) is 8.28. The number of phenolic OH excluding ortho intramolecular Hbond substituents is 1. The zero-order valence-electron chi connectivity index (χ0n) is 13.9. The fourth-order valence-electron chi connectivity index (χ4n) is 4.33. The Kier molecular flexibility index (Phi) is 2.90.